The van der Waals surface area contributed by atoms with Gasteiger partial charge < -0.3 is 10.3 Å². The van der Waals surface area contributed by atoms with Crippen LogP contribution in [0.3, 0.4) is 0 Å². The van der Waals surface area contributed by atoms with Gasteiger partial charge in [0.1, 0.15) is 6.33 Å². The lowest BCUT2D eigenvalue weighted by Crippen LogP contribution is -2.23. The molecule has 0 radical (unpaired) electrons. The highest BCUT2D eigenvalue weighted by Crippen LogP contribution is 2.40. The van der Waals surface area contributed by atoms with Gasteiger partial charge in [0.2, 0.25) is 0 Å². The van der Waals surface area contributed by atoms with Crippen LogP contribution in [0.1, 0.15) is 18.7 Å². The maximum absolute atomic E-state index is 5.89. The number of hydrogen-bond donors (Lipinski definition) is 1. The first-order valence-corrected chi connectivity index (χ1v) is 3.36. The third-order valence-corrected chi connectivity index (χ3v) is 1.95. The van der Waals surface area contributed by atoms with Gasteiger partial charge in [-0.05, 0) is 12.8 Å². The fourth-order valence-corrected chi connectivity index (χ4v) is 1.09. The minimum atomic E-state index is -0.148. The van der Waals surface area contributed by atoms with Crippen LogP contribution >= 0.6 is 0 Å². The highest BCUT2D eigenvalue weighted by molar-refractivity contribution is 5.13. The number of nitrogens with zero attached hydrogens (tertiary/aromatic N) is 3. The van der Waals surface area contributed by atoms with Crippen LogP contribution in [0.4, 0.5) is 0 Å². The molecule has 2 N–H and O–H groups in total. The molecule has 1 fully saturated rings. The fourth-order valence-electron chi connectivity index (χ4n) is 1.09. The first kappa shape index (κ1) is 5.85. The summed E-state index contributed by atoms with van der Waals surface area (Å²) in [7, 11) is 1.92. The van der Waals surface area contributed by atoms with Crippen LogP contribution in [0.5, 0.6) is 0 Å². The average Bonchev–Trinajstić information content (AvgIpc) is 2.44. The Morgan fingerprint density at radius 3 is 2.80 bits per heavy atom. The van der Waals surface area contributed by atoms with E-state index in [4.69, 9.17) is 5.73 Å². The van der Waals surface area contributed by atoms with E-state index < -0.39 is 0 Å². The zero-order valence-corrected chi connectivity index (χ0v) is 5.91. The molecule has 1 aliphatic carbocycles. The number of nitrogens with two attached hydrogens (primary N) is 1. The van der Waals surface area contributed by atoms with Crippen molar-refractivity contribution in [3.05, 3.63) is 12.2 Å². The van der Waals surface area contributed by atoms with Crippen molar-refractivity contribution in [2.75, 3.05) is 0 Å². The molecule has 0 spiro atoms. The van der Waals surface area contributed by atoms with Gasteiger partial charge in [0.15, 0.2) is 5.82 Å². The molecule has 0 amide bonds. The van der Waals surface area contributed by atoms with Crippen molar-refractivity contribution >= 4 is 0 Å². The van der Waals surface area contributed by atoms with Crippen LogP contribution < -0.4 is 5.73 Å². The monoisotopic (exact) mass is 138 g/mol. The van der Waals surface area contributed by atoms with Gasteiger partial charge in [-0.15, -0.1) is 10.2 Å². The zero-order valence-electron chi connectivity index (χ0n) is 5.91. The van der Waals surface area contributed by atoms with Gasteiger partial charge >= 0.3 is 0 Å². The maximum atomic E-state index is 5.89. The molecule has 1 aliphatic rings. The SMILES string of the molecule is Cn1cnnc1C1(N)CC1. The molecule has 0 aliphatic heterocycles. The molecule has 0 unspecified atom stereocenters. The van der Waals surface area contributed by atoms with Crippen LogP contribution in [0.2, 0.25) is 0 Å². The van der Waals surface area contributed by atoms with E-state index in [2.05, 4.69) is 10.2 Å². The van der Waals surface area contributed by atoms with Gasteiger partial charge in [-0.2, -0.15) is 0 Å². The zero-order chi connectivity index (χ0) is 7.19. The molecule has 1 saturated carbocycles. The molecule has 0 aromatic carbocycles. The van der Waals surface area contributed by atoms with Crippen molar-refractivity contribution in [1.29, 1.82) is 0 Å². The molecule has 0 atom stereocenters. The molecule has 10 heavy (non-hydrogen) atoms. The summed E-state index contributed by atoms with van der Waals surface area (Å²) in [5.41, 5.74) is 5.74. The number of aryl methyl sites for hydroxylation is 1. The second-order valence-corrected chi connectivity index (χ2v) is 2.92. The standard InChI is InChI=1S/C6H10N4/c1-10-4-8-9-5(10)6(7)2-3-6/h4H,2-3,7H2,1H3. The van der Waals surface area contributed by atoms with E-state index in [0.29, 0.717) is 0 Å². The Bertz CT molecular complexity index is 248. The lowest BCUT2D eigenvalue weighted by molar-refractivity contribution is 0.629. The molecule has 1 aromatic rings. The van der Waals surface area contributed by atoms with E-state index in [-0.39, 0.29) is 5.54 Å². The summed E-state index contributed by atoms with van der Waals surface area (Å²) in [4.78, 5) is 0. The summed E-state index contributed by atoms with van der Waals surface area (Å²) in [6.07, 6.45) is 3.77. The minimum Gasteiger partial charge on any atom is -0.319 e. The maximum Gasteiger partial charge on any atom is 0.152 e. The van der Waals surface area contributed by atoms with Gasteiger partial charge in [-0.1, -0.05) is 0 Å². The third kappa shape index (κ3) is 0.654. The topological polar surface area (TPSA) is 56.7 Å². The third-order valence-electron chi connectivity index (χ3n) is 1.95. The van der Waals surface area contributed by atoms with Crippen LogP contribution in [0.15, 0.2) is 6.33 Å². The molecule has 4 nitrogen and oxygen atoms in total. The average molecular weight is 138 g/mol. The smallest absolute Gasteiger partial charge is 0.152 e. The Kier molecular flexibility index (Phi) is 0.922. The molecule has 1 aromatic heterocycles. The van der Waals surface area contributed by atoms with Gasteiger partial charge in [0.25, 0.3) is 0 Å². The van der Waals surface area contributed by atoms with Crippen LogP contribution in [-0.2, 0) is 12.6 Å². The largest absolute Gasteiger partial charge is 0.319 e. The Hall–Kier alpha value is -0.900. The fraction of sp³-hybridized carbons (Fsp3) is 0.667. The lowest BCUT2D eigenvalue weighted by Gasteiger charge is -2.05. The molecular weight excluding hydrogens is 128 g/mol. The summed E-state index contributed by atoms with van der Waals surface area (Å²) in [6.45, 7) is 0. The van der Waals surface area contributed by atoms with Crippen molar-refractivity contribution in [2.45, 2.75) is 18.4 Å². The van der Waals surface area contributed by atoms with Crippen LogP contribution in [0, 0.1) is 0 Å². The van der Waals surface area contributed by atoms with Crippen molar-refractivity contribution in [2.24, 2.45) is 12.8 Å². The number of rotatable bonds is 1. The summed E-state index contributed by atoms with van der Waals surface area (Å²) in [5.74, 6) is 0.910. The van der Waals surface area contributed by atoms with Crippen LogP contribution in [-0.4, -0.2) is 14.8 Å². The summed E-state index contributed by atoms with van der Waals surface area (Å²) in [5, 5.41) is 7.70. The quantitative estimate of drug-likeness (QED) is 0.582. The Morgan fingerprint density at radius 2 is 2.40 bits per heavy atom. The Morgan fingerprint density at radius 1 is 1.70 bits per heavy atom. The van der Waals surface area contributed by atoms with E-state index in [1.54, 1.807) is 6.33 Å². The Labute approximate surface area is 59.1 Å². The normalized spacial score (nSPS) is 21.0. The molecule has 1 heterocycles. The molecule has 54 valence electrons. The predicted octanol–water partition coefficient (Wildman–Crippen LogP) is -0.237. The highest BCUT2D eigenvalue weighted by atomic mass is 15.3. The molecule has 4 heteroatoms. The van der Waals surface area contributed by atoms with Crippen molar-refractivity contribution in [3.63, 3.8) is 0 Å². The summed E-state index contributed by atoms with van der Waals surface area (Å²) in [6, 6.07) is 0. The number of hydrogen-bond acceptors (Lipinski definition) is 3. The Balaban J connectivity index is 2.42. The number of aromatic nitrogens is 3. The molecule has 0 bridgehead atoms. The van der Waals surface area contributed by atoms with Gasteiger partial charge in [0, 0.05) is 7.05 Å². The van der Waals surface area contributed by atoms with Gasteiger partial charge in [-0.3, -0.25) is 0 Å². The second kappa shape index (κ2) is 1.58. The van der Waals surface area contributed by atoms with Crippen LogP contribution in [0.25, 0.3) is 0 Å². The van der Waals surface area contributed by atoms with E-state index >= 15 is 0 Å². The first-order chi connectivity index (χ1) is 4.72. The predicted molar refractivity (Wildman–Crippen MR) is 36.1 cm³/mol. The summed E-state index contributed by atoms with van der Waals surface area (Å²) >= 11 is 0. The van der Waals surface area contributed by atoms with E-state index in [9.17, 15) is 0 Å². The van der Waals surface area contributed by atoms with Crippen molar-refractivity contribution < 1.29 is 0 Å². The summed E-state index contributed by atoms with van der Waals surface area (Å²) < 4.78 is 1.88. The van der Waals surface area contributed by atoms with Gasteiger partial charge in [-0.25, -0.2) is 0 Å². The molecule has 0 saturated heterocycles. The highest BCUT2D eigenvalue weighted by Gasteiger charge is 2.43. The van der Waals surface area contributed by atoms with Crippen molar-refractivity contribution in [3.8, 4) is 0 Å². The molecular formula is C6H10N4. The second-order valence-electron chi connectivity index (χ2n) is 2.92. The molecule has 2 rings (SSSR count). The van der Waals surface area contributed by atoms with Gasteiger partial charge in [0.05, 0.1) is 5.54 Å². The van der Waals surface area contributed by atoms with E-state index in [0.717, 1.165) is 18.7 Å². The van der Waals surface area contributed by atoms with Crippen molar-refractivity contribution in [1.82, 2.24) is 14.8 Å². The van der Waals surface area contributed by atoms with E-state index in [1.807, 2.05) is 11.6 Å². The first-order valence-electron chi connectivity index (χ1n) is 3.36. The lowest BCUT2D eigenvalue weighted by atomic mass is 10.3. The minimum absolute atomic E-state index is 0.148. The van der Waals surface area contributed by atoms with E-state index in [1.165, 1.54) is 0 Å².